The van der Waals surface area contributed by atoms with Crippen LogP contribution >= 0.6 is 0 Å². The molecule has 0 atom stereocenters. The van der Waals surface area contributed by atoms with Crippen molar-refractivity contribution in [3.05, 3.63) is 65.5 Å². The van der Waals surface area contributed by atoms with Gasteiger partial charge in [-0.1, -0.05) is 12.1 Å². The molecule has 4 rings (SSSR count). The lowest BCUT2D eigenvalue weighted by Gasteiger charge is -2.22. The maximum Gasteiger partial charge on any atom is 0.335 e. The molecule has 1 fully saturated rings. The zero-order valence-corrected chi connectivity index (χ0v) is 14.0. The van der Waals surface area contributed by atoms with E-state index in [1.807, 2.05) is 18.3 Å². The molecule has 0 aliphatic carbocycles. The van der Waals surface area contributed by atoms with Crippen molar-refractivity contribution in [2.45, 2.75) is 25.3 Å². The normalized spacial score (nSPS) is 15.5. The lowest BCUT2D eigenvalue weighted by atomic mass is 9.91. The number of nitrogens with one attached hydrogen (secondary N) is 1. The lowest BCUT2D eigenvalue weighted by Crippen LogP contribution is -2.26. The molecule has 0 saturated carbocycles. The molecule has 0 bridgehead atoms. The Hall–Kier alpha value is -2.66. The third-order valence-corrected chi connectivity index (χ3v) is 4.99. The molecule has 0 radical (unpaired) electrons. The zero-order chi connectivity index (χ0) is 17.2. The van der Waals surface area contributed by atoms with Gasteiger partial charge < -0.3 is 15.0 Å². The number of nitrogens with zero attached hydrogens (tertiary/aromatic N) is 2. The highest BCUT2D eigenvalue weighted by Gasteiger charge is 2.16. The molecule has 1 aliphatic heterocycles. The Labute approximate surface area is 146 Å². The van der Waals surface area contributed by atoms with Crippen molar-refractivity contribution in [3.63, 3.8) is 0 Å². The van der Waals surface area contributed by atoms with E-state index < -0.39 is 5.97 Å². The molecular formula is C20H21N3O2. The lowest BCUT2D eigenvalue weighted by molar-refractivity contribution is 0.0697. The van der Waals surface area contributed by atoms with Gasteiger partial charge in [0.05, 0.1) is 5.56 Å². The fourth-order valence-electron chi connectivity index (χ4n) is 3.55. The average Bonchev–Trinajstić information content (AvgIpc) is 3.05. The smallest absolute Gasteiger partial charge is 0.335 e. The van der Waals surface area contributed by atoms with Crippen molar-refractivity contribution in [1.82, 2.24) is 14.9 Å². The molecule has 0 amide bonds. The number of carboxylic acid groups (broad SMARTS) is 1. The molecule has 5 nitrogen and oxygen atoms in total. The standard InChI is InChI=1S/C20H21N3O2/c24-20(25)16-3-1-14(2-4-16)13-23-10-7-17-11-18(12-22-19(17)23)15-5-8-21-9-6-15/h1-4,7,10-12,15,21H,5-6,8-9,13H2,(H,24,25). The van der Waals surface area contributed by atoms with Crippen LogP contribution in [-0.2, 0) is 6.54 Å². The highest BCUT2D eigenvalue weighted by molar-refractivity contribution is 5.87. The predicted molar refractivity (Wildman–Crippen MR) is 97.1 cm³/mol. The summed E-state index contributed by atoms with van der Waals surface area (Å²) in [7, 11) is 0. The molecule has 5 heteroatoms. The first kappa shape index (κ1) is 15.8. The van der Waals surface area contributed by atoms with Gasteiger partial charge >= 0.3 is 5.97 Å². The van der Waals surface area contributed by atoms with Gasteiger partial charge in [0.15, 0.2) is 0 Å². The van der Waals surface area contributed by atoms with Gasteiger partial charge in [-0.05, 0) is 67.2 Å². The van der Waals surface area contributed by atoms with E-state index in [4.69, 9.17) is 10.1 Å². The maximum atomic E-state index is 10.9. The SMILES string of the molecule is O=C(O)c1ccc(Cn2ccc3cc(C4CCNCC4)cnc32)cc1. The number of fused-ring (bicyclic) bond motifs is 1. The molecule has 0 spiro atoms. The van der Waals surface area contributed by atoms with Gasteiger partial charge in [-0.15, -0.1) is 0 Å². The number of pyridine rings is 1. The molecule has 1 saturated heterocycles. The third-order valence-electron chi connectivity index (χ3n) is 4.99. The molecule has 25 heavy (non-hydrogen) atoms. The highest BCUT2D eigenvalue weighted by Crippen LogP contribution is 2.27. The van der Waals surface area contributed by atoms with Gasteiger partial charge in [0.25, 0.3) is 0 Å². The molecule has 3 aromatic rings. The Morgan fingerprint density at radius 2 is 1.96 bits per heavy atom. The van der Waals surface area contributed by atoms with Gasteiger partial charge in [0, 0.05) is 24.3 Å². The Balaban J connectivity index is 1.57. The molecular weight excluding hydrogens is 314 g/mol. The van der Waals surface area contributed by atoms with E-state index in [-0.39, 0.29) is 0 Å². The van der Waals surface area contributed by atoms with Crippen LogP contribution in [0.4, 0.5) is 0 Å². The second-order valence-electron chi connectivity index (χ2n) is 6.65. The second kappa shape index (κ2) is 6.69. The van der Waals surface area contributed by atoms with E-state index in [9.17, 15) is 4.79 Å². The molecule has 1 aliphatic rings. The molecule has 3 heterocycles. The van der Waals surface area contributed by atoms with Gasteiger partial charge in [-0.25, -0.2) is 9.78 Å². The first-order valence-corrected chi connectivity index (χ1v) is 8.68. The van der Waals surface area contributed by atoms with Crippen LogP contribution in [0.15, 0.2) is 48.8 Å². The Morgan fingerprint density at radius 3 is 2.68 bits per heavy atom. The Morgan fingerprint density at radius 1 is 1.20 bits per heavy atom. The van der Waals surface area contributed by atoms with Gasteiger partial charge in [0.1, 0.15) is 5.65 Å². The van der Waals surface area contributed by atoms with Crippen molar-refractivity contribution in [2.24, 2.45) is 0 Å². The minimum absolute atomic E-state index is 0.311. The maximum absolute atomic E-state index is 10.9. The van der Waals surface area contributed by atoms with E-state index in [2.05, 4.69) is 28.2 Å². The average molecular weight is 335 g/mol. The largest absolute Gasteiger partial charge is 0.478 e. The van der Waals surface area contributed by atoms with Crippen LogP contribution in [0.2, 0.25) is 0 Å². The number of aromatic nitrogens is 2. The molecule has 2 aromatic heterocycles. The molecule has 0 unspecified atom stereocenters. The number of piperidine rings is 1. The topological polar surface area (TPSA) is 67.2 Å². The van der Waals surface area contributed by atoms with Crippen molar-refractivity contribution >= 4 is 17.0 Å². The van der Waals surface area contributed by atoms with E-state index in [1.54, 1.807) is 12.1 Å². The summed E-state index contributed by atoms with van der Waals surface area (Å²) in [5.74, 6) is -0.296. The quantitative estimate of drug-likeness (QED) is 0.768. The van der Waals surface area contributed by atoms with Crippen LogP contribution in [0.25, 0.3) is 11.0 Å². The van der Waals surface area contributed by atoms with Crippen molar-refractivity contribution in [1.29, 1.82) is 0 Å². The fraction of sp³-hybridized carbons (Fsp3) is 0.300. The first-order chi connectivity index (χ1) is 12.2. The third kappa shape index (κ3) is 3.28. The predicted octanol–water partition coefficient (Wildman–Crippen LogP) is 3.25. The summed E-state index contributed by atoms with van der Waals surface area (Å²) >= 11 is 0. The minimum atomic E-state index is -0.898. The Bertz CT molecular complexity index is 893. The number of rotatable bonds is 4. The van der Waals surface area contributed by atoms with E-state index >= 15 is 0 Å². The summed E-state index contributed by atoms with van der Waals surface area (Å²) in [6.45, 7) is 2.84. The molecule has 1 aromatic carbocycles. The second-order valence-corrected chi connectivity index (χ2v) is 6.65. The van der Waals surface area contributed by atoms with Crippen molar-refractivity contribution < 1.29 is 9.90 Å². The van der Waals surface area contributed by atoms with Crippen LogP contribution in [-0.4, -0.2) is 33.7 Å². The van der Waals surface area contributed by atoms with Crippen LogP contribution in [0, 0.1) is 0 Å². The summed E-state index contributed by atoms with van der Waals surface area (Å²) in [4.78, 5) is 15.7. The summed E-state index contributed by atoms with van der Waals surface area (Å²) in [5, 5.41) is 13.6. The van der Waals surface area contributed by atoms with Crippen molar-refractivity contribution in [3.8, 4) is 0 Å². The number of carboxylic acids is 1. The fourth-order valence-corrected chi connectivity index (χ4v) is 3.55. The van der Waals surface area contributed by atoms with Gasteiger partial charge in [-0.3, -0.25) is 0 Å². The van der Waals surface area contributed by atoms with E-state index in [1.165, 1.54) is 18.4 Å². The van der Waals surface area contributed by atoms with Crippen LogP contribution in [0.5, 0.6) is 0 Å². The monoisotopic (exact) mass is 335 g/mol. The number of aromatic carboxylic acids is 1. The van der Waals surface area contributed by atoms with Crippen LogP contribution < -0.4 is 5.32 Å². The van der Waals surface area contributed by atoms with Gasteiger partial charge in [-0.2, -0.15) is 0 Å². The molecule has 128 valence electrons. The summed E-state index contributed by atoms with van der Waals surface area (Å²) in [6, 6.07) is 11.4. The zero-order valence-electron chi connectivity index (χ0n) is 14.0. The van der Waals surface area contributed by atoms with Crippen LogP contribution in [0.1, 0.15) is 40.2 Å². The molecule has 2 N–H and O–H groups in total. The minimum Gasteiger partial charge on any atom is -0.478 e. The number of benzene rings is 1. The van der Waals surface area contributed by atoms with E-state index in [0.717, 1.165) is 29.7 Å². The Kier molecular flexibility index (Phi) is 4.24. The van der Waals surface area contributed by atoms with Gasteiger partial charge in [0.2, 0.25) is 0 Å². The highest BCUT2D eigenvalue weighted by atomic mass is 16.4. The van der Waals surface area contributed by atoms with Crippen molar-refractivity contribution in [2.75, 3.05) is 13.1 Å². The summed E-state index contributed by atoms with van der Waals surface area (Å²) < 4.78 is 2.11. The number of hydrogen-bond donors (Lipinski definition) is 2. The van der Waals surface area contributed by atoms with E-state index in [0.29, 0.717) is 18.0 Å². The number of hydrogen-bond acceptors (Lipinski definition) is 3. The summed E-state index contributed by atoms with van der Waals surface area (Å²) in [6.07, 6.45) is 6.41. The first-order valence-electron chi connectivity index (χ1n) is 8.68. The summed E-state index contributed by atoms with van der Waals surface area (Å²) in [5.41, 5.74) is 3.68. The number of carbonyl (C=O) groups is 1. The van der Waals surface area contributed by atoms with Crippen LogP contribution in [0.3, 0.4) is 0 Å².